The average Bonchev–Trinajstić information content (AvgIpc) is 2.51. The molecule has 1 nitrogen and oxygen atoms in total. The van der Waals surface area contributed by atoms with Crippen molar-refractivity contribution in [2.45, 2.75) is 6.42 Å². The van der Waals surface area contributed by atoms with Gasteiger partial charge in [-0.1, -0.05) is 43.0 Å². The van der Waals surface area contributed by atoms with E-state index in [2.05, 4.69) is 6.58 Å². The fourth-order valence-corrected chi connectivity index (χ4v) is 1.55. The van der Waals surface area contributed by atoms with Crippen LogP contribution in [0.3, 0.4) is 0 Å². The molecule has 0 radical (unpaired) electrons. The first-order chi connectivity index (χ1) is 6.77. The highest BCUT2D eigenvalue weighted by atomic mass is 16.3. The van der Waals surface area contributed by atoms with Crippen molar-refractivity contribution in [1.29, 1.82) is 0 Å². The molecule has 0 fully saturated rings. The minimum absolute atomic E-state index is 0.346. The van der Waals surface area contributed by atoms with E-state index in [4.69, 9.17) is 0 Å². The molecule has 0 spiro atoms. The van der Waals surface area contributed by atoms with Crippen LogP contribution in [0.25, 0.3) is 0 Å². The summed E-state index contributed by atoms with van der Waals surface area (Å²) in [4.78, 5) is 0. The summed E-state index contributed by atoms with van der Waals surface area (Å²) in [5.41, 5.74) is 3.03. The summed E-state index contributed by atoms with van der Waals surface area (Å²) in [6.45, 7) is 3.88. The van der Waals surface area contributed by atoms with Crippen LogP contribution in [0.2, 0.25) is 0 Å². The Morgan fingerprint density at radius 1 is 1.07 bits per heavy atom. The predicted molar refractivity (Wildman–Crippen MR) is 58.1 cm³/mol. The Labute approximate surface area is 83.7 Å². The smallest absolute Gasteiger partial charge is 0.119 e. The second-order valence-corrected chi connectivity index (χ2v) is 3.38. The van der Waals surface area contributed by atoms with E-state index in [1.165, 1.54) is 5.56 Å². The van der Waals surface area contributed by atoms with Gasteiger partial charge in [0.05, 0.1) is 0 Å². The number of hydrogen-bond acceptors (Lipinski definition) is 1. The molecule has 1 aromatic rings. The van der Waals surface area contributed by atoms with Crippen molar-refractivity contribution in [2.24, 2.45) is 0 Å². The molecule has 1 aliphatic rings. The third-order valence-corrected chi connectivity index (χ3v) is 2.36. The van der Waals surface area contributed by atoms with Gasteiger partial charge in [0, 0.05) is 12.0 Å². The summed E-state index contributed by atoms with van der Waals surface area (Å²) in [6.07, 6.45) is 4.28. The summed E-state index contributed by atoms with van der Waals surface area (Å²) in [5, 5.41) is 9.55. The van der Waals surface area contributed by atoms with Crippen molar-refractivity contribution >= 4 is 0 Å². The number of aliphatic hydroxyl groups excluding tert-OH is 1. The standard InChI is InChI=1S/C13H12O/c1-10-7-8-13(14)12(10)9-11-5-3-2-4-6-11/h2-8,14H,1,9H2. The van der Waals surface area contributed by atoms with Gasteiger partial charge in [0.25, 0.3) is 0 Å². The van der Waals surface area contributed by atoms with Gasteiger partial charge < -0.3 is 5.11 Å². The largest absolute Gasteiger partial charge is 0.508 e. The summed E-state index contributed by atoms with van der Waals surface area (Å²) >= 11 is 0. The number of benzene rings is 1. The van der Waals surface area contributed by atoms with Crippen LogP contribution in [0.5, 0.6) is 0 Å². The molecule has 0 aromatic heterocycles. The first kappa shape index (κ1) is 8.82. The number of rotatable bonds is 2. The summed E-state index contributed by atoms with van der Waals surface area (Å²) in [7, 11) is 0. The highest BCUT2D eigenvalue weighted by molar-refractivity contribution is 5.51. The zero-order valence-electron chi connectivity index (χ0n) is 7.90. The van der Waals surface area contributed by atoms with Gasteiger partial charge in [0.15, 0.2) is 0 Å². The van der Waals surface area contributed by atoms with Gasteiger partial charge in [-0.25, -0.2) is 0 Å². The quantitative estimate of drug-likeness (QED) is 0.748. The third-order valence-electron chi connectivity index (χ3n) is 2.36. The minimum atomic E-state index is 0.346. The number of aliphatic hydroxyl groups is 1. The molecule has 1 aromatic carbocycles. The Morgan fingerprint density at radius 2 is 1.79 bits per heavy atom. The number of hydrogen-bond donors (Lipinski definition) is 1. The van der Waals surface area contributed by atoms with Gasteiger partial charge in [-0.05, 0) is 17.2 Å². The predicted octanol–water partition coefficient (Wildman–Crippen LogP) is 3.17. The van der Waals surface area contributed by atoms with E-state index in [1.807, 2.05) is 36.4 Å². The molecule has 1 aliphatic carbocycles. The number of allylic oxidation sites excluding steroid dienone is 4. The molecule has 0 heterocycles. The molecule has 1 N–H and O–H groups in total. The maximum atomic E-state index is 9.55. The lowest BCUT2D eigenvalue weighted by atomic mass is 10.0. The molecular weight excluding hydrogens is 172 g/mol. The Balaban J connectivity index is 2.21. The van der Waals surface area contributed by atoms with Gasteiger partial charge in [0.1, 0.15) is 5.76 Å². The maximum absolute atomic E-state index is 9.55. The highest BCUT2D eigenvalue weighted by Gasteiger charge is 2.11. The monoisotopic (exact) mass is 184 g/mol. The van der Waals surface area contributed by atoms with Crippen LogP contribution < -0.4 is 0 Å². The summed E-state index contributed by atoms with van der Waals surface area (Å²) < 4.78 is 0. The first-order valence-electron chi connectivity index (χ1n) is 4.61. The fraction of sp³-hybridized carbons (Fsp3) is 0.0769. The second-order valence-electron chi connectivity index (χ2n) is 3.38. The van der Waals surface area contributed by atoms with Crippen molar-refractivity contribution in [1.82, 2.24) is 0 Å². The van der Waals surface area contributed by atoms with Crippen molar-refractivity contribution in [3.8, 4) is 0 Å². The van der Waals surface area contributed by atoms with Crippen molar-refractivity contribution in [3.63, 3.8) is 0 Å². The molecule has 70 valence electrons. The molecule has 0 amide bonds. The van der Waals surface area contributed by atoms with Gasteiger partial charge in [-0.2, -0.15) is 0 Å². The Bertz CT molecular complexity index is 410. The SMILES string of the molecule is C=C1C=CC(O)=C1Cc1ccccc1. The topological polar surface area (TPSA) is 20.2 Å². The van der Waals surface area contributed by atoms with E-state index < -0.39 is 0 Å². The molecule has 2 rings (SSSR count). The maximum Gasteiger partial charge on any atom is 0.119 e. The zero-order valence-corrected chi connectivity index (χ0v) is 7.90. The van der Waals surface area contributed by atoms with Crippen molar-refractivity contribution in [3.05, 3.63) is 71.5 Å². The fourth-order valence-electron chi connectivity index (χ4n) is 1.55. The highest BCUT2D eigenvalue weighted by Crippen LogP contribution is 2.24. The van der Waals surface area contributed by atoms with Crippen LogP contribution in [-0.2, 0) is 6.42 Å². The lowest BCUT2D eigenvalue weighted by Crippen LogP contribution is -1.92. The summed E-state index contributed by atoms with van der Waals surface area (Å²) in [5.74, 6) is 0.346. The van der Waals surface area contributed by atoms with Gasteiger partial charge in [-0.3, -0.25) is 0 Å². The van der Waals surface area contributed by atoms with Crippen LogP contribution in [-0.4, -0.2) is 5.11 Å². The molecular formula is C13H12O. The van der Waals surface area contributed by atoms with Crippen LogP contribution >= 0.6 is 0 Å². The molecule has 1 heteroatoms. The zero-order chi connectivity index (χ0) is 9.97. The van der Waals surface area contributed by atoms with Crippen LogP contribution in [0, 0.1) is 0 Å². The van der Waals surface area contributed by atoms with Gasteiger partial charge >= 0.3 is 0 Å². The molecule has 0 unspecified atom stereocenters. The van der Waals surface area contributed by atoms with Crippen LogP contribution in [0.4, 0.5) is 0 Å². The Morgan fingerprint density at radius 3 is 2.36 bits per heavy atom. The summed E-state index contributed by atoms with van der Waals surface area (Å²) in [6, 6.07) is 10.1. The third kappa shape index (κ3) is 1.62. The second kappa shape index (κ2) is 3.54. The van der Waals surface area contributed by atoms with E-state index in [9.17, 15) is 5.11 Å². The van der Waals surface area contributed by atoms with E-state index >= 15 is 0 Å². The lowest BCUT2D eigenvalue weighted by Gasteiger charge is -2.04. The lowest BCUT2D eigenvalue weighted by molar-refractivity contribution is 0.428. The molecule has 0 bridgehead atoms. The van der Waals surface area contributed by atoms with E-state index in [1.54, 1.807) is 6.08 Å². The molecule has 14 heavy (non-hydrogen) atoms. The average molecular weight is 184 g/mol. The van der Waals surface area contributed by atoms with E-state index in [-0.39, 0.29) is 0 Å². The van der Waals surface area contributed by atoms with Gasteiger partial charge in [0.2, 0.25) is 0 Å². The Hall–Kier alpha value is -1.76. The van der Waals surface area contributed by atoms with Crippen molar-refractivity contribution in [2.75, 3.05) is 0 Å². The Kier molecular flexibility index (Phi) is 2.23. The first-order valence-corrected chi connectivity index (χ1v) is 4.61. The van der Waals surface area contributed by atoms with Crippen LogP contribution in [0.1, 0.15) is 5.56 Å². The van der Waals surface area contributed by atoms with E-state index in [0.717, 1.165) is 17.6 Å². The van der Waals surface area contributed by atoms with Crippen LogP contribution in [0.15, 0.2) is 66.0 Å². The molecule has 0 aliphatic heterocycles. The van der Waals surface area contributed by atoms with Gasteiger partial charge in [-0.15, -0.1) is 0 Å². The van der Waals surface area contributed by atoms with E-state index in [0.29, 0.717) is 5.76 Å². The van der Waals surface area contributed by atoms with Crippen molar-refractivity contribution < 1.29 is 5.11 Å². The molecule has 0 atom stereocenters. The minimum Gasteiger partial charge on any atom is -0.508 e. The molecule has 0 saturated carbocycles. The normalized spacial score (nSPS) is 15.3. The molecule has 0 saturated heterocycles.